The Morgan fingerprint density at radius 3 is 2.12 bits per heavy atom. The Morgan fingerprint density at radius 1 is 1.00 bits per heavy atom. The number of nitrogens with zero attached hydrogens (tertiary/aromatic N) is 1. The van der Waals surface area contributed by atoms with Crippen molar-refractivity contribution in [2.45, 2.75) is 84.6 Å². The highest BCUT2D eigenvalue weighted by atomic mass is 16.6. The zero-order chi connectivity index (χ0) is 19.8. The van der Waals surface area contributed by atoms with E-state index >= 15 is 0 Å². The van der Waals surface area contributed by atoms with Crippen LogP contribution in [0.2, 0.25) is 0 Å². The van der Waals surface area contributed by atoms with Crippen LogP contribution in [-0.4, -0.2) is 43.3 Å². The minimum Gasteiger partial charge on any atom is -0.464 e. The van der Waals surface area contributed by atoms with Gasteiger partial charge in [0.25, 0.3) is 0 Å². The van der Waals surface area contributed by atoms with Crippen LogP contribution in [0.15, 0.2) is 12.7 Å². The van der Waals surface area contributed by atoms with Gasteiger partial charge < -0.3 is 9.47 Å². The van der Waals surface area contributed by atoms with Crippen molar-refractivity contribution in [3.63, 3.8) is 0 Å². The zero-order valence-electron chi connectivity index (χ0n) is 17.3. The summed E-state index contributed by atoms with van der Waals surface area (Å²) in [4.78, 5) is 25.7. The quantitative estimate of drug-likeness (QED) is 0.222. The average molecular weight is 370 g/mol. The van der Waals surface area contributed by atoms with Crippen molar-refractivity contribution in [2.75, 3.05) is 20.3 Å². The van der Waals surface area contributed by atoms with Gasteiger partial charge in [-0.2, -0.15) is 0 Å². The van der Waals surface area contributed by atoms with Crippen LogP contribution >= 0.6 is 0 Å². The molecule has 0 aliphatic heterocycles. The lowest BCUT2D eigenvalue weighted by molar-refractivity contribution is -0.149. The van der Waals surface area contributed by atoms with Crippen molar-refractivity contribution in [2.24, 2.45) is 5.92 Å². The molecule has 0 aliphatic carbocycles. The van der Waals surface area contributed by atoms with Crippen LogP contribution in [-0.2, 0) is 14.3 Å². The van der Waals surface area contributed by atoms with Crippen LogP contribution in [0.4, 0.5) is 4.79 Å². The largest absolute Gasteiger partial charge is 0.464 e. The van der Waals surface area contributed by atoms with Gasteiger partial charge in [0.05, 0.1) is 6.61 Å². The first-order valence-corrected chi connectivity index (χ1v) is 10.1. The molecule has 0 saturated heterocycles. The summed E-state index contributed by atoms with van der Waals surface area (Å²) in [5, 5.41) is 0. The lowest BCUT2D eigenvalue weighted by Gasteiger charge is -2.27. The third-order valence-corrected chi connectivity index (χ3v) is 4.29. The zero-order valence-corrected chi connectivity index (χ0v) is 17.3. The molecule has 0 spiro atoms. The summed E-state index contributed by atoms with van der Waals surface area (Å²) in [5.74, 6) is -0.0787. The molecule has 1 unspecified atom stereocenters. The molecule has 26 heavy (non-hydrogen) atoms. The number of unbranched alkanes of at least 4 members (excludes halogenated alkanes) is 7. The van der Waals surface area contributed by atoms with E-state index in [2.05, 4.69) is 13.5 Å². The van der Waals surface area contributed by atoms with E-state index in [0.717, 1.165) is 12.8 Å². The van der Waals surface area contributed by atoms with E-state index in [4.69, 9.17) is 9.47 Å². The van der Waals surface area contributed by atoms with E-state index in [0.29, 0.717) is 13.0 Å². The maximum atomic E-state index is 12.4. The Bertz CT molecular complexity index is 395. The van der Waals surface area contributed by atoms with E-state index in [1.165, 1.54) is 49.5 Å². The van der Waals surface area contributed by atoms with Crippen LogP contribution < -0.4 is 0 Å². The molecule has 5 nitrogen and oxygen atoms in total. The van der Waals surface area contributed by atoms with Crippen LogP contribution in [0.5, 0.6) is 0 Å². The van der Waals surface area contributed by atoms with Crippen LogP contribution in [0.25, 0.3) is 0 Å². The molecule has 1 amide bonds. The number of hydrogen-bond acceptors (Lipinski definition) is 4. The van der Waals surface area contributed by atoms with Gasteiger partial charge in [0.1, 0.15) is 12.6 Å². The minimum atomic E-state index is -0.610. The minimum absolute atomic E-state index is 0.130. The molecule has 0 saturated carbocycles. The Hall–Kier alpha value is -1.52. The molecule has 0 fully saturated rings. The molecule has 0 N–H and O–H groups in total. The molecular weight excluding hydrogens is 330 g/mol. The highest BCUT2D eigenvalue weighted by Gasteiger charge is 2.29. The van der Waals surface area contributed by atoms with Gasteiger partial charge in [-0.15, -0.1) is 0 Å². The van der Waals surface area contributed by atoms with Gasteiger partial charge in [-0.05, 0) is 18.8 Å². The summed E-state index contributed by atoms with van der Waals surface area (Å²) in [6.45, 7) is 10.3. The molecule has 1 atom stereocenters. The van der Waals surface area contributed by atoms with Gasteiger partial charge in [0.15, 0.2) is 0 Å². The molecule has 0 radical (unpaired) electrons. The maximum Gasteiger partial charge on any atom is 0.410 e. The first kappa shape index (κ1) is 24.5. The maximum absolute atomic E-state index is 12.4. The summed E-state index contributed by atoms with van der Waals surface area (Å²) < 4.78 is 10.4. The summed E-state index contributed by atoms with van der Waals surface area (Å²) in [6.07, 6.45) is 11.1. The number of carbonyl (C=O) groups is 2. The van der Waals surface area contributed by atoms with E-state index in [9.17, 15) is 9.59 Å². The fraction of sp³-hybridized carbons (Fsp3) is 0.810. The van der Waals surface area contributed by atoms with Crippen molar-refractivity contribution in [1.82, 2.24) is 4.90 Å². The van der Waals surface area contributed by atoms with Gasteiger partial charge in [0, 0.05) is 7.05 Å². The third kappa shape index (κ3) is 11.9. The first-order chi connectivity index (χ1) is 12.4. The van der Waals surface area contributed by atoms with Gasteiger partial charge in [-0.3, -0.25) is 4.90 Å². The highest BCUT2D eigenvalue weighted by molar-refractivity contribution is 5.81. The second kappa shape index (κ2) is 15.7. The second-order valence-electron chi connectivity index (χ2n) is 7.26. The van der Waals surface area contributed by atoms with Gasteiger partial charge in [-0.25, -0.2) is 9.59 Å². The molecule has 5 heteroatoms. The number of ether oxygens (including phenoxy) is 2. The number of amides is 1. The lowest BCUT2D eigenvalue weighted by Crippen LogP contribution is -2.44. The van der Waals surface area contributed by atoms with Crippen LogP contribution in [0.1, 0.15) is 78.6 Å². The van der Waals surface area contributed by atoms with Crippen molar-refractivity contribution in [1.29, 1.82) is 0 Å². The summed E-state index contributed by atoms with van der Waals surface area (Å²) in [5.41, 5.74) is 0. The predicted octanol–water partition coefficient (Wildman–Crippen LogP) is 5.34. The number of hydrogen-bond donors (Lipinski definition) is 0. The number of rotatable bonds is 15. The van der Waals surface area contributed by atoms with Crippen LogP contribution in [0, 0.1) is 5.92 Å². The van der Waals surface area contributed by atoms with Gasteiger partial charge in [-0.1, -0.05) is 78.4 Å². The SMILES string of the molecule is C=CCOC(=O)N(C)C(CC(C)C)C(=O)OCCCCCCCCCC. The Kier molecular flexibility index (Phi) is 14.8. The van der Waals surface area contributed by atoms with Crippen molar-refractivity contribution in [3.05, 3.63) is 12.7 Å². The van der Waals surface area contributed by atoms with E-state index < -0.39 is 12.1 Å². The number of likely N-dealkylation sites (N-methyl/N-ethyl adjacent to an activating group) is 1. The standard InChI is InChI=1S/C21H39NO4/c1-6-8-9-10-11-12-13-14-16-25-20(23)19(17-18(3)4)22(5)21(24)26-15-7-2/h7,18-19H,2,6,8-17H2,1,3-5H3. The molecule has 0 heterocycles. The molecule has 0 aliphatic rings. The highest BCUT2D eigenvalue weighted by Crippen LogP contribution is 2.14. The van der Waals surface area contributed by atoms with Gasteiger partial charge in [0.2, 0.25) is 0 Å². The average Bonchev–Trinajstić information content (AvgIpc) is 2.61. The summed E-state index contributed by atoms with van der Waals surface area (Å²) >= 11 is 0. The molecule has 0 aromatic carbocycles. The third-order valence-electron chi connectivity index (χ3n) is 4.29. The molecule has 152 valence electrons. The predicted molar refractivity (Wildman–Crippen MR) is 106 cm³/mol. The lowest BCUT2D eigenvalue weighted by atomic mass is 10.0. The normalized spacial score (nSPS) is 11.9. The summed E-state index contributed by atoms with van der Waals surface area (Å²) in [7, 11) is 1.58. The fourth-order valence-electron chi connectivity index (χ4n) is 2.72. The molecule has 0 bridgehead atoms. The van der Waals surface area contributed by atoms with E-state index in [1.807, 2.05) is 13.8 Å². The van der Waals surface area contributed by atoms with Gasteiger partial charge >= 0.3 is 12.1 Å². The molecule has 0 aromatic heterocycles. The second-order valence-corrected chi connectivity index (χ2v) is 7.26. The van der Waals surface area contributed by atoms with Crippen molar-refractivity contribution >= 4 is 12.1 Å². The smallest absolute Gasteiger partial charge is 0.410 e. The Morgan fingerprint density at radius 2 is 1.58 bits per heavy atom. The van der Waals surface area contributed by atoms with E-state index in [1.54, 1.807) is 7.05 Å². The molecular formula is C21H39NO4. The molecule has 0 rings (SSSR count). The number of carbonyl (C=O) groups excluding carboxylic acids is 2. The fourth-order valence-corrected chi connectivity index (χ4v) is 2.72. The Balaban J connectivity index is 4.19. The summed E-state index contributed by atoms with van der Waals surface area (Å²) in [6, 6.07) is -0.610. The number of esters is 1. The molecule has 0 aromatic rings. The van der Waals surface area contributed by atoms with Crippen molar-refractivity contribution in [3.8, 4) is 0 Å². The topological polar surface area (TPSA) is 55.8 Å². The van der Waals surface area contributed by atoms with E-state index in [-0.39, 0.29) is 18.5 Å². The van der Waals surface area contributed by atoms with Crippen LogP contribution in [0.3, 0.4) is 0 Å². The first-order valence-electron chi connectivity index (χ1n) is 10.1. The Labute approximate surface area is 160 Å². The monoisotopic (exact) mass is 369 g/mol. The van der Waals surface area contributed by atoms with Crippen molar-refractivity contribution < 1.29 is 19.1 Å².